The van der Waals surface area contributed by atoms with Crippen LogP contribution in [0.1, 0.15) is 290 Å². The maximum Gasteiger partial charge on any atom is 0.306 e. The van der Waals surface area contributed by atoms with Crippen molar-refractivity contribution in [3.63, 3.8) is 0 Å². The zero-order valence-electron chi connectivity index (χ0n) is 52.5. The van der Waals surface area contributed by atoms with E-state index in [0.29, 0.717) is 19.3 Å². The average molecular weight is 1120 g/mol. The molecule has 0 aliphatic carbocycles. The summed E-state index contributed by atoms with van der Waals surface area (Å²) in [4.78, 5) is 38.3. The summed E-state index contributed by atoms with van der Waals surface area (Å²) in [5.74, 6) is -0.911. The Balaban J connectivity index is 4.35. The maximum atomic E-state index is 12.9. The van der Waals surface area contributed by atoms with Crippen molar-refractivity contribution in [3.05, 3.63) is 146 Å². The number of ether oxygens (including phenoxy) is 3. The molecule has 0 N–H and O–H groups in total. The highest BCUT2D eigenvalue weighted by molar-refractivity contribution is 5.71. The zero-order valence-corrected chi connectivity index (χ0v) is 52.5. The van der Waals surface area contributed by atoms with Crippen LogP contribution in [0.2, 0.25) is 0 Å². The SMILES string of the molecule is CC/C=C\C/C=C\C/C=C\C/C=C\C/C=C\C/C=C\CCCCCCCCCCC(=O)OCC(COC(=O)CCCCCCCCCCCCC)OC(=O)CCCCCCCC/C=C\C/C=C\C/C=C\C/C=C\C/C=C\C/C=C\CC. The first-order valence-electron chi connectivity index (χ1n) is 33.3. The lowest BCUT2D eigenvalue weighted by Crippen LogP contribution is -2.30. The quantitative estimate of drug-likeness (QED) is 0.0261. The van der Waals surface area contributed by atoms with Crippen molar-refractivity contribution in [3.8, 4) is 0 Å². The third-order valence-electron chi connectivity index (χ3n) is 13.8. The van der Waals surface area contributed by atoms with Gasteiger partial charge >= 0.3 is 17.9 Å². The second kappa shape index (κ2) is 67.8. The van der Waals surface area contributed by atoms with E-state index < -0.39 is 6.10 Å². The molecular formula is C75H122O6. The predicted molar refractivity (Wildman–Crippen MR) is 352 cm³/mol. The number of carbonyl (C=O) groups is 3. The summed E-state index contributed by atoms with van der Waals surface area (Å²) in [7, 11) is 0. The van der Waals surface area contributed by atoms with E-state index in [1.807, 2.05) is 0 Å². The van der Waals surface area contributed by atoms with Crippen molar-refractivity contribution in [1.29, 1.82) is 0 Å². The summed E-state index contributed by atoms with van der Waals surface area (Å²) < 4.78 is 16.9. The molecule has 81 heavy (non-hydrogen) atoms. The Bertz CT molecular complexity index is 1760. The standard InChI is InChI=1S/C75H122O6/c1-4-7-10-13-16-19-22-24-26-28-30-32-34-36-37-39-40-42-44-46-48-50-53-56-59-62-65-68-74(77)80-71-72(70-79-73(76)67-64-61-58-55-52-21-18-15-12-9-6-3)81-75(78)69-66-63-60-57-54-51-49-47-45-43-41-38-35-33-31-29-27-25-23-20-17-14-11-8-5-2/h7-8,10-11,16-17,19-20,24-27,30-33,36-38,40-42,45,47,72H,4-6,9,12-15,18,21-23,28-29,34-35,39,43-44,46,48-71H2,1-3H3/b10-7-,11-8-,19-16-,20-17-,26-24-,27-25-,32-30-,33-31-,37-36-,41-38-,42-40-,47-45-. The van der Waals surface area contributed by atoms with Crippen LogP contribution in [0.15, 0.2) is 146 Å². The van der Waals surface area contributed by atoms with Crippen molar-refractivity contribution in [2.24, 2.45) is 0 Å². The lowest BCUT2D eigenvalue weighted by molar-refractivity contribution is -0.167. The number of hydrogen-bond donors (Lipinski definition) is 0. The van der Waals surface area contributed by atoms with Crippen LogP contribution in [-0.2, 0) is 28.6 Å². The van der Waals surface area contributed by atoms with E-state index in [9.17, 15) is 14.4 Å². The van der Waals surface area contributed by atoms with Gasteiger partial charge in [-0.05, 0) is 122 Å². The van der Waals surface area contributed by atoms with Gasteiger partial charge in [0.15, 0.2) is 6.10 Å². The summed E-state index contributed by atoms with van der Waals surface area (Å²) in [6, 6.07) is 0. The Kier molecular flexibility index (Phi) is 63.9. The Morgan fingerprint density at radius 1 is 0.259 bits per heavy atom. The third-order valence-corrected chi connectivity index (χ3v) is 13.8. The Morgan fingerprint density at radius 2 is 0.481 bits per heavy atom. The van der Waals surface area contributed by atoms with Gasteiger partial charge in [0.05, 0.1) is 0 Å². The van der Waals surface area contributed by atoms with Crippen LogP contribution >= 0.6 is 0 Å². The molecule has 0 rings (SSSR count). The van der Waals surface area contributed by atoms with Crippen LogP contribution in [0.3, 0.4) is 0 Å². The van der Waals surface area contributed by atoms with E-state index in [1.54, 1.807) is 0 Å². The largest absolute Gasteiger partial charge is 0.462 e. The second-order valence-electron chi connectivity index (χ2n) is 21.6. The van der Waals surface area contributed by atoms with E-state index in [4.69, 9.17) is 14.2 Å². The molecule has 0 saturated heterocycles. The fourth-order valence-electron chi connectivity index (χ4n) is 8.92. The molecule has 0 aliphatic heterocycles. The fourth-order valence-corrected chi connectivity index (χ4v) is 8.92. The van der Waals surface area contributed by atoms with Gasteiger partial charge in [-0.2, -0.15) is 0 Å². The number of hydrogen-bond acceptors (Lipinski definition) is 6. The molecule has 1 unspecified atom stereocenters. The summed E-state index contributed by atoms with van der Waals surface area (Å²) in [5.41, 5.74) is 0. The monoisotopic (exact) mass is 1120 g/mol. The molecule has 0 amide bonds. The predicted octanol–water partition coefficient (Wildman–Crippen LogP) is 23.1. The molecule has 458 valence electrons. The lowest BCUT2D eigenvalue weighted by atomic mass is 10.1. The van der Waals surface area contributed by atoms with Gasteiger partial charge in [-0.3, -0.25) is 14.4 Å². The van der Waals surface area contributed by atoms with Crippen molar-refractivity contribution in [2.75, 3.05) is 13.2 Å². The Hall–Kier alpha value is -4.71. The number of esters is 3. The van der Waals surface area contributed by atoms with E-state index in [-0.39, 0.29) is 31.1 Å². The Labute approximate surface area is 499 Å². The van der Waals surface area contributed by atoms with Gasteiger partial charge in [-0.25, -0.2) is 0 Å². The number of unbranched alkanes of at least 4 members (excludes halogenated alkanes) is 24. The highest BCUT2D eigenvalue weighted by Gasteiger charge is 2.19. The van der Waals surface area contributed by atoms with Gasteiger partial charge in [0.25, 0.3) is 0 Å². The molecule has 0 aromatic rings. The van der Waals surface area contributed by atoms with Crippen molar-refractivity contribution >= 4 is 17.9 Å². The van der Waals surface area contributed by atoms with Crippen LogP contribution in [0.25, 0.3) is 0 Å². The summed E-state index contributed by atoms with van der Waals surface area (Å²) in [6.07, 6.45) is 97.1. The van der Waals surface area contributed by atoms with E-state index in [1.165, 1.54) is 96.3 Å². The number of allylic oxidation sites excluding steroid dienone is 24. The zero-order chi connectivity index (χ0) is 58.5. The highest BCUT2D eigenvalue weighted by Crippen LogP contribution is 2.15. The van der Waals surface area contributed by atoms with Gasteiger partial charge in [-0.15, -0.1) is 0 Å². The maximum absolute atomic E-state index is 12.9. The van der Waals surface area contributed by atoms with E-state index >= 15 is 0 Å². The van der Waals surface area contributed by atoms with Gasteiger partial charge < -0.3 is 14.2 Å². The van der Waals surface area contributed by atoms with Gasteiger partial charge in [0.2, 0.25) is 0 Å². The number of rotatable bonds is 59. The molecule has 0 saturated carbocycles. The molecule has 0 fully saturated rings. The molecule has 0 aliphatic rings. The highest BCUT2D eigenvalue weighted by atomic mass is 16.6. The lowest BCUT2D eigenvalue weighted by Gasteiger charge is -2.18. The molecule has 1 atom stereocenters. The van der Waals surface area contributed by atoms with Crippen LogP contribution in [0, 0.1) is 0 Å². The topological polar surface area (TPSA) is 78.9 Å². The van der Waals surface area contributed by atoms with Crippen LogP contribution in [0.5, 0.6) is 0 Å². The summed E-state index contributed by atoms with van der Waals surface area (Å²) in [5, 5.41) is 0. The normalized spacial score (nSPS) is 13.1. The summed E-state index contributed by atoms with van der Waals surface area (Å²) >= 11 is 0. The van der Waals surface area contributed by atoms with Crippen molar-refractivity contribution in [1.82, 2.24) is 0 Å². The molecule has 0 heterocycles. The second-order valence-corrected chi connectivity index (χ2v) is 21.6. The Morgan fingerprint density at radius 3 is 0.753 bits per heavy atom. The van der Waals surface area contributed by atoms with Crippen LogP contribution < -0.4 is 0 Å². The number of carbonyl (C=O) groups excluding carboxylic acids is 3. The molecular weight excluding hydrogens is 997 g/mol. The molecule has 0 radical (unpaired) electrons. The van der Waals surface area contributed by atoms with Crippen LogP contribution in [0.4, 0.5) is 0 Å². The van der Waals surface area contributed by atoms with Gasteiger partial charge in [0.1, 0.15) is 13.2 Å². The molecule has 6 nitrogen and oxygen atoms in total. The smallest absolute Gasteiger partial charge is 0.306 e. The fraction of sp³-hybridized carbons (Fsp3) is 0.640. The molecule has 0 spiro atoms. The minimum atomic E-state index is -0.795. The van der Waals surface area contributed by atoms with Gasteiger partial charge in [-0.1, -0.05) is 295 Å². The molecule has 0 aromatic heterocycles. The average Bonchev–Trinajstić information content (AvgIpc) is 3.47. The van der Waals surface area contributed by atoms with Crippen molar-refractivity contribution in [2.45, 2.75) is 297 Å². The third kappa shape index (κ3) is 66.0. The molecule has 6 heteroatoms. The first kappa shape index (κ1) is 76.3. The first-order valence-corrected chi connectivity index (χ1v) is 33.3. The molecule has 0 bridgehead atoms. The minimum Gasteiger partial charge on any atom is -0.462 e. The van der Waals surface area contributed by atoms with E-state index in [0.717, 1.165) is 154 Å². The van der Waals surface area contributed by atoms with Crippen LogP contribution in [-0.4, -0.2) is 37.2 Å². The summed E-state index contributed by atoms with van der Waals surface area (Å²) in [6.45, 7) is 6.40. The first-order chi connectivity index (χ1) is 40.0. The van der Waals surface area contributed by atoms with Crippen molar-refractivity contribution < 1.29 is 28.6 Å². The minimum absolute atomic E-state index is 0.0892. The molecule has 0 aromatic carbocycles. The van der Waals surface area contributed by atoms with E-state index in [2.05, 4.69) is 167 Å². The van der Waals surface area contributed by atoms with Gasteiger partial charge in [0, 0.05) is 19.3 Å².